The lowest BCUT2D eigenvalue weighted by atomic mass is 9.76. The zero-order valence-electron chi connectivity index (χ0n) is 34.1. The Hall–Kier alpha value is -0.625. The van der Waals surface area contributed by atoms with Gasteiger partial charge in [0, 0.05) is 5.41 Å². The number of hydrogen-bond donors (Lipinski definition) is 0. The van der Waals surface area contributed by atoms with Crippen LogP contribution in [0, 0.1) is 0 Å². The van der Waals surface area contributed by atoms with E-state index in [1.807, 2.05) is 39.3 Å². The topological polar surface area (TPSA) is 117 Å². The summed E-state index contributed by atoms with van der Waals surface area (Å²) in [5.41, 5.74) is 4.48. The molecule has 4 heterocycles. The summed E-state index contributed by atoms with van der Waals surface area (Å²) in [5.74, 6) is 1.73. The minimum Gasteiger partial charge on any atom is -0.491 e. The highest BCUT2D eigenvalue weighted by atomic mass is 28.5. The second-order valence-corrected chi connectivity index (χ2v) is 33.6. The molecule has 0 aliphatic carbocycles. The number of aryl methyl sites for hydroxylation is 2. The van der Waals surface area contributed by atoms with Crippen molar-refractivity contribution >= 4 is 72.8 Å². The quantitative estimate of drug-likeness (QED) is 0.136. The van der Waals surface area contributed by atoms with E-state index < -0.39 is 72.8 Å². The first kappa shape index (κ1) is 43.9. The first-order valence-corrected chi connectivity index (χ1v) is 35.3. The minimum absolute atomic E-state index is 0.166. The van der Waals surface area contributed by atoms with Gasteiger partial charge in [-0.2, -0.15) is 0 Å². The lowest BCUT2D eigenvalue weighted by Gasteiger charge is -2.35. The summed E-state index contributed by atoms with van der Waals surface area (Å²) in [7, 11) is -13.3. The predicted octanol–water partition coefficient (Wildman–Crippen LogP) is 6.44. The predicted molar refractivity (Wildman–Crippen MR) is 223 cm³/mol. The van der Waals surface area contributed by atoms with Crippen LogP contribution in [0.25, 0.3) is 0 Å². The lowest BCUT2D eigenvalue weighted by molar-refractivity contribution is 0.262. The van der Waals surface area contributed by atoms with Crippen molar-refractivity contribution in [3.8, 4) is 11.5 Å². The monoisotopic (exact) mass is 894 g/mol. The molecular formula is C35H58O12Si8. The average molecular weight is 896 g/mol. The Morgan fingerprint density at radius 1 is 0.564 bits per heavy atom. The summed E-state index contributed by atoms with van der Waals surface area (Å²) < 4.78 is 74.1. The molecule has 0 saturated carbocycles. The van der Waals surface area contributed by atoms with Gasteiger partial charge in [0.2, 0.25) is 0 Å². The number of rotatable bonds is 16. The Kier molecular flexibility index (Phi) is 15.3. The fraction of sp³-hybridized carbons (Fsp3) is 0.657. The normalized spacial score (nSPS) is 24.8. The lowest BCUT2D eigenvalue weighted by Crippen LogP contribution is -2.53. The van der Waals surface area contributed by atoms with Crippen LogP contribution in [0.2, 0.25) is 64.5 Å². The molecule has 4 aliphatic heterocycles. The molecule has 0 N–H and O–H groups in total. The molecule has 0 bridgehead atoms. The number of epoxide rings is 2. The summed E-state index contributed by atoms with van der Waals surface area (Å²) >= 11 is 0. The second kappa shape index (κ2) is 19.2. The smallest absolute Gasteiger partial charge is 0.362 e. The Balaban J connectivity index is 1.20. The van der Waals surface area contributed by atoms with Gasteiger partial charge in [-0.3, -0.25) is 0 Å². The SMILES string of the molecule is C[Si]1O[Si](C)O[Si](C)(CCCc2cc(OCC3CO3)cc(C(C)(C)c3cc(CCC[Si]4(C)O[Si](C)O[Si](C)O[Si](C)O4)cc(OCC4CO4)c3)c2)O[Si](C)O1. The maximum Gasteiger partial charge on any atom is 0.362 e. The van der Waals surface area contributed by atoms with E-state index in [0.717, 1.165) is 62.5 Å². The van der Waals surface area contributed by atoms with E-state index in [2.05, 4.69) is 63.3 Å². The molecule has 302 valence electrons. The maximum absolute atomic E-state index is 6.53. The third kappa shape index (κ3) is 13.7. The molecule has 2 atom stereocenters. The van der Waals surface area contributed by atoms with Gasteiger partial charge >= 0.3 is 72.8 Å². The van der Waals surface area contributed by atoms with E-state index >= 15 is 0 Å². The van der Waals surface area contributed by atoms with E-state index in [9.17, 15) is 0 Å². The highest BCUT2D eigenvalue weighted by molar-refractivity contribution is 6.82. The molecule has 4 aliphatic rings. The van der Waals surface area contributed by atoms with E-state index in [1.165, 1.54) is 22.3 Å². The Morgan fingerprint density at radius 3 is 1.24 bits per heavy atom. The molecule has 0 amide bonds. The van der Waals surface area contributed by atoms with Crippen molar-refractivity contribution in [1.29, 1.82) is 0 Å². The van der Waals surface area contributed by atoms with E-state index in [0.29, 0.717) is 13.2 Å². The number of benzene rings is 2. The average Bonchev–Trinajstić information content (AvgIpc) is 4.00. The number of ether oxygens (including phenoxy) is 4. The minimum atomic E-state index is -2.47. The molecule has 6 radical (unpaired) electrons. The van der Waals surface area contributed by atoms with Gasteiger partial charge in [-0.15, -0.1) is 0 Å². The zero-order chi connectivity index (χ0) is 39.4. The Morgan fingerprint density at radius 2 is 0.909 bits per heavy atom. The van der Waals surface area contributed by atoms with Gasteiger partial charge in [0.1, 0.15) is 36.9 Å². The molecule has 2 aromatic carbocycles. The van der Waals surface area contributed by atoms with Crippen molar-refractivity contribution in [3.63, 3.8) is 0 Å². The van der Waals surface area contributed by atoms with E-state index in [1.54, 1.807) is 0 Å². The van der Waals surface area contributed by atoms with Crippen LogP contribution in [0.15, 0.2) is 36.4 Å². The van der Waals surface area contributed by atoms with Crippen LogP contribution in [0.5, 0.6) is 11.5 Å². The van der Waals surface area contributed by atoms with Gasteiger partial charge in [0.05, 0.1) is 13.2 Å². The molecule has 0 spiro atoms. The van der Waals surface area contributed by atoms with Crippen LogP contribution >= 0.6 is 0 Å². The highest BCUT2D eigenvalue weighted by Crippen LogP contribution is 2.38. The highest BCUT2D eigenvalue weighted by Gasteiger charge is 2.42. The molecule has 2 unspecified atom stereocenters. The van der Waals surface area contributed by atoms with Crippen LogP contribution < -0.4 is 9.47 Å². The van der Waals surface area contributed by atoms with Crippen LogP contribution in [0.1, 0.15) is 48.9 Å². The molecule has 4 fully saturated rings. The second-order valence-electron chi connectivity index (χ2n) is 15.6. The van der Waals surface area contributed by atoms with Gasteiger partial charge in [0.15, 0.2) is 0 Å². The van der Waals surface area contributed by atoms with Crippen LogP contribution in [-0.4, -0.2) is 111 Å². The molecule has 12 nitrogen and oxygen atoms in total. The van der Waals surface area contributed by atoms with Crippen LogP contribution in [-0.2, 0) is 60.7 Å². The Bertz CT molecular complexity index is 1430. The van der Waals surface area contributed by atoms with Gasteiger partial charge in [-0.1, -0.05) is 26.0 Å². The molecular weight excluding hydrogens is 837 g/mol. The molecule has 0 aromatic heterocycles. The molecule has 2 aromatic rings. The maximum atomic E-state index is 6.53. The summed E-state index contributed by atoms with van der Waals surface area (Å²) in [6, 6.07) is 15.2. The van der Waals surface area contributed by atoms with Crippen molar-refractivity contribution in [2.24, 2.45) is 0 Å². The first-order chi connectivity index (χ1) is 26.0. The van der Waals surface area contributed by atoms with E-state index in [4.69, 9.17) is 51.9 Å². The number of hydrogen-bond acceptors (Lipinski definition) is 12. The van der Waals surface area contributed by atoms with E-state index in [-0.39, 0.29) is 17.6 Å². The first-order valence-electron chi connectivity index (χ1n) is 19.3. The van der Waals surface area contributed by atoms with Gasteiger partial charge in [0.25, 0.3) is 0 Å². The fourth-order valence-electron chi connectivity index (χ4n) is 7.00. The van der Waals surface area contributed by atoms with Crippen molar-refractivity contribution in [3.05, 3.63) is 58.7 Å². The summed E-state index contributed by atoms with van der Waals surface area (Å²) in [4.78, 5) is 0. The third-order valence-corrected chi connectivity index (χ3v) is 33.1. The van der Waals surface area contributed by atoms with Crippen LogP contribution in [0.3, 0.4) is 0 Å². The zero-order valence-corrected chi connectivity index (χ0v) is 42.1. The van der Waals surface area contributed by atoms with Crippen molar-refractivity contribution in [2.45, 2.75) is 122 Å². The standard InChI is InChI=1S/C35H58O12Si8/c1-35(2,29-17-27(19-31(21-29)36-23-33-25-38-33)13-11-15-54(9)44-50(5)40-48(3)41-51(6)45-54)30-18-28(20-32(22-30)37-24-34-26-39-34)14-12-16-55(10)46-52(7)42-49(4)43-53(8)47-55/h17-22,33-34H,11-16,23-26H2,1-10H3. The molecule has 20 heteroatoms. The van der Waals surface area contributed by atoms with Gasteiger partial charge in [-0.25, -0.2) is 0 Å². The summed E-state index contributed by atoms with van der Waals surface area (Å²) in [6.07, 6.45) is 3.94. The molecule has 4 saturated heterocycles. The summed E-state index contributed by atoms with van der Waals surface area (Å²) in [5, 5.41) is 0. The largest absolute Gasteiger partial charge is 0.491 e. The summed E-state index contributed by atoms with van der Waals surface area (Å²) in [6.45, 7) is 23.7. The van der Waals surface area contributed by atoms with Crippen molar-refractivity contribution in [2.75, 3.05) is 26.4 Å². The van der Waals surface area contributed by atoms with Gasteiger partial charge in [-0.05, 0) is 137 Å². The Labute approximate surface area is 341 Å². The van der Waals surface area contributed by atoms with Gasteiger partial charge < -0.3 is 51.9 Å². The van der Waals surface area contributed by atoms with Crippen molar-refractivity contribution in [1.82, 2.24) is 0 Å². The molecule has 55 heavy (non-hydrogen) atoms. The third-order valence-electron chi connectivity index (χ3n) is 9.83. The fourth-order valence-corrected chi connectivity index (χ4v) is 30.8. The molecule has 6 rings (SSSR count). The van der Waals surface area contributed by atoms with Crippen LogP contribution in [0.4, 0.5) is 0 Å². The van der Waals surface area contributed by atoms with Crippen molar-refractivity contribution < 1.29 is 51.9 Å².